The van der Waals surface area contributed by atoms with E-state index >= 15 is 0 Å². The van der Waals surface area contributed by atoms with E-state index in [4.69, 9.17) is 0 Å². The lowest BCUT2D eigenvalue weighted by atomic mass is 9.73. The summed E-state index contributed by atoms with van der Waals surface area (Å²) in [5.74, 6) is 0.924. The summed E-state index contributed by atoms with van der Waals surface area (Å²) >= 11 is 0. The molecule has 98 valence electrons. The largest absolute Gasteiger partial charge is 0.0654 e. The molecule has 0 aromatic rings. The molecule has 0 aliphatic carbocycles. The Morgan fingerprint density at radius 1 is 0.875 bits per heavy atom. The molecule has 0 heterocycles. The average Bonchev–Trinajstić information content (AvgIpc) is 2.24. The molecule has 0 amide bonds. The van der Waals surface area contributed by atoms with Gasteiger partial charge in [-0.3, -0.25) is 0 Å². The first-order chi connectivity index (χ1) is 7.58. The predicted octanol–water partition coefficient (Wildman–Crippen LogP) is 6.20. The molecule has 0 aromatic carbocycles. The van der Waals surface area contributed by atoms with E-state index < -0.39 is 0 Å². The highest BCUT2D eigenvalue weighted by atomic mass is 14.3. The van der Waals surface area contributed by atoms with Crippen molar-refractivity contribution in [1.82, 2.24) is 0 Å². The molecule has 0 heteroatoms. The smallest absolute Gasteiger partial charge is 0.0323 e. The van der Waals surface area contributed by atoms with Crippen molar-refractivity contribution < 1.29 is 0 Å². The first-order valence-electron chi connectivity index (χ1n) is 7.58. The molecule has 0 aliphatic rings. The van der Waals surface area contributed by atoms with E-state index in [1.165, 1.54) is 57.8 Å². The van der Waals surface area contributed by atoms with Crippen LogP contribution in [0.15, 0.2) is 0 Å². The molecule has 0 aromatic heterocycles. The van der Waals surface area contributed by atoms with Gasteiger partial charge in [0.15, 0.2) is 0 Å². The molecule has 2 atom stereocenters. The van der Waals surface area contributed by atoms with Crippen LogP contribution in [0.25, 0.3) is 0 Å². The van der Waals surface area contributed by atoms with Crippen LogP contribution in [0.4, 0.5) is 0 Å². The zero-order chi connectivity index (χ0) is 12.4. The summed E-state index contributed by atoms with van der Waals surface area (Å²) in [6, 6.07) is 0. The Morgan fingerprint density at radius 2 is 1.50 bits per heavy atom. The summed E-state index contributed by atoms with van der Waals surface area (Å²) in [6.07, 6.45) is 12.6. The maximum Gasteiger partial charge on any atom is -0.0323 e. The molecule has 0 rings (SSSR count). The van der Waals surface area contributed by atoms with Crippen molar-refractivity contribution in [2.45, 2.75) is 92.4 Å². The summed E-state index contributed by atoms with van der Waals surface area (Å²) in [6.45, 7) is 11.9. The van der Waals surface area contributed by atoms with Gasteiger partial charge in [-0.1, -0.05) is 73.1 Å². The normalized spacial score (nSPS) is 17.1. The number of rotatable bonds is 10. The summed E-state index contributed by atoms with van der Waals surface area (Å²) in [4.78, 5) is 0. The highest BCUT2D eigenvalue weighted by Gasteiger charge is 2.24. The summed E-state index contributed by atoms with van der Waals surface area (Å²) < 4.78 is 0. The fraction of sp³-hybridized carbons (Fsp3) is 1.00. The van der Waals surface area contributed by atoms with Gasteiger partial charge in [-0.25, -0.2) is 0 Å². The maximum atomic E-state index is 2.52. The van der Waals surface area contributed by atoms with Gasteiger partial charge in [0, 0.05) is 0 Å². The standard InChI is InChI=1S/C16H34/c1-6-9-11-15(4)14-16(5,12-8-3)13-10-7-2/h15H,6-14H2,1-5H3. The molecule has 0 fully saturated rings. The quantitative estimate of drug-likeness (QED) is 0.416. The molecule has 0 spiro atoms. The van der Waals surface area contributed by atoms with E-state index in [0.29, 0.717) is 5.41 Å². The highest BCUT2D eigenvalue weighted by molar-refractivity contribution is 4.76. The second-order valence-corrected chi connectivity index (χ2v) is 6.12. The monoisotopic (exact) mass is 226 g/mol. The van der Waals surface area contributed by atoms with Crippen molar-refractivity contribution >= 4 is 0 Å². The van der Waals surface area contributed by atoms with Crippen LogP contribution in [0, 0.1) is 11.3 Å². The maximum absolute atomic E-state index is 2.52. The van der Waals surface area contributed by atoms with Gasteiger partial charge in [-0.2, -0.15) is 0 Å². The zero-order valence-electron chi connectivity index (χ0n) is 12.4. The third kappa shape index (κ3) is 7.30. The fourth-order valence-corrected chi connectivity index (χ4v) is 3.03. The van der Waals surface area contributed by atoms with Crippen molar-refractivity contribution in [3.63, 3.8) is 0 Å². The van der Waals surface area contributed by atoms with Gasteiger partial charge < -0.3 is 0 Å². The van der Waals surface area contributed by atoms with Gasteiger partial charge in [0.2, 0.25) is 0 Å². The summed E-state index contributed by atoms with van der Waals surface area (Å²) in [5, 5.41) is 0. The first-order valence-corrected chi connectivity index (χ1v) is 7.58. The SMILES string of the molecule is CCCCC(C)CC(C)(CCC)CCCC. The van der Waals surface area contributed by atoms with Gasteiger partial charge in [0.05, 0.1) is 0 Å². The molecule has 0 saturated heterocycles. The van der Waals surface area contributed by atoms with Crippen molar-refractivity contribution in [3.05, 3.63) is 0 Å². The fourth-order valence-electron chi connectivity index (χ4n) is 3.03. The highest BCUT2D eigenvalue weighted by Crippen LogP contribution is 2.37. The zero-order valence-corrected chi connectivity index (χ0v) is 12.4. The molecule has 0 bridgehead atoms. The Balaban J connectivity index is 4.07. The minimum atomic E-state index is 0.623. The molecular formula is C16H34. The molecular weight excluding hydrogens is 192 g/mol. The summed E-state index contributed by atoms with van der Waals surface area (Å²) in [5.41, 5.74) is 0.623. The minimum Gasteiger partial charge on any atom is -0.0654 e. The lowest BCUT2D eigenvalue weighted by Crippen LogP contribution is -2.19. The van der Waals surface area contributed by atoms with Crippen molar-refractivity contribution in [2.75, 3.05) is 0 Å². The van der Waals surface area contributed by atoms with Crippen LogP contribution in [0.3, 0.4) is 0 Å². The van der Waals surface area contributed by atoms with E-state index in [0.717, 1.165) is 5.92 Å². The van der Waals surface area contributed by atoms with Gasteiger partial charge in [-0.05, 0) is 30.6 Å². The Bertz CT molecular complexity index is 150. The van der Waals surface area contributed by atoms with E-state index in [1.807, 2.05) is 0 Å². The van der Waals surface area contributed by atoms with Crippen LogP contribution in [-0.2, 0) is 0 Å². The van der Waals surface area contributed by atoms with Crippen LogP contribution in [0.2, 0.25) is 0 Å². The number of unbranched alkanes of at least 4 members (excludes halogenated alkanes) is 2. The molecule has 2 unspecified atom stereocenters. The third-order valence-electron chi connectivity index (χ3n) is 3.88. The minimum absolute atomic E-state index is 0.623. The second kappa shape index (κ2) is 9.07. The van der Waals surface area contributed by atoms with Crippen molar-refractivity contribution in [1.29, 1.82) is 0 Å². The molecule has 0 aliphatic heterocycles. The average molecular weight is 226 g/mol. The third-order valence-corrected chi connectivity index (χ3v) is 3.88. The molecule has 0 radical (unpaired) electrons. The molecule has 0 N–H and O–H groups in total. The van der Waals surface area contributed by atoms with E-state index in [1.54, 1.807) is 0 Å². The van der Waals surface area contributed by atoms with Crippen molar-refractivity contribution in [3.8, 4) is 0 Å². The Kier molecular flexibility index (Phi) is 9.07. The number of hydrogen-bond acceptors (Lipinski definition) is 0. The summed E-state index contributed by atoms with van der Waals surface area (Å²) in [7, 11) is 0. The van der Waals surface area contributed by atoms with Crippen LogP contribution in [0.5, 0.6) is 0 Å². The van der Waals surface area contributed by atoms with Crippen LogP contribution >= 0.6 is 0 Å². The van der Waals surface area contributed by atoms with Crippen LogP contribution < -0.4 is 0 Å². The Morgan fingerprint density at radius 3 is 2.00 bits per heavy atom. The van der Waals surface area contributed by atoms with Crippen LogP contribution in [0.1, 0.15) is 92.4 Å². The predicted molar refractivity (Wildman–Crippen MR) is 75.8 cm³/mol. The van der Waals surface area contributed by atoms with Gasteiger partial charge >= 0.3 is 0 Å². The second-order valence-electron chi connectivity index (χ2n) is 6.12. The number of hydrogen-bond donors (Lipinski definition) is 0. The van der Waals surface area contributed by atoms with Gasteiger partial charge in [0.1, 0.15) is 0 Å². The first kappa shape index (κ1) is 16.0. The molecule has 0 nitrogen and oxygen atoms in total. The van der Waals surface area contributed by atoms with Gasteiger partial charge in [-0.15, -0.1) is 0 Å². The Labute approximate surface area is 104 Å². The van der Waals surface area contributed by atoms with E-state index in [2.05, 4.69) is 34.6 Å². The Hall–Kier alpha value is 0. The van der Waals surface area contributed by atoms with Gasteiger partial charge in [0.25, 0.3) is 0 Å². The topological polar surface area (TPSA) is 0 Å². The molecule has 16 heavy (non-hydrogen) atoms. The van der Waals surface area contributed by atoms with Crippen molar-refractivity contribution in [2.24, 2.45) is 11.3 Å². The lowest BCUT2D eigenvalue weighted by Gasteiger charge is -2.32. The van der Waals surface area contributed by atoms with E-state index in [-0.39, 0.29) is 0 Å². The van der Waals surface area contributed by atoms with E-state index in [9.17, 15) is 0 Å². The molecule has 0 saturated carbocycles. The lowest BCUT2D eigenvalue weighted by molar-refractivity contribution is 0.196. The van der Waals surface area contributed by atoms with Crippen LogP contribution in [-0.4, -0.2) is 0 Å².